The summed E-state index contributed by atoms with van der Waals surface area (Å²) in [4.78, 5) is 14.4. The molecule has 1 aliphatic heterocycles. The highest BCUT2D eigenvalue weighted by molar-refractivity contribution is 5.85. The van der Waals surface area contributed by atoms with E-state index >= 15 is 0 Å². The quantitative estimate of drug-likeness (QED) is 0.759. The molecule has 3 N–H and O–H groups in total. The van der Waals surface area contributed by atoms with E-state index < -0.39 is 0 Å². The zero-order valence-corrected chi connectivity index (χ0v) is 17.3. The van der Waals surface area contributed by atoms with Gasteiger partial charge in [0.1, 0.15) is 5.75 Å². The maximum Gasteiger partial charge on any atom is 0.234 e. The monoisotopic (exact) mass is 383 g/mol. The van der Waals surface area contributed by atoms with Crippen molar-refractivity contribution in [1.82, 2.24) is 10.2 Å². The molecule has 0 aliphatic carbocycles. The summed E-state index contributed by atoms with van der Waals surface area (Å²) in [5.74, 6) is 0.972. The fraction of sp³-hybridized carbons (Fsp3) is 0.650. The first kappa shape index (κ1) is 22.7. The summed E-state index contributed by atoms with van der Waals surface area (Å²) in [5, 5.41) is 3.02. The van der Waals surface area contributed by atoms with Gasteiger partial charge in [0.2, 0.25) is 5.91 Å². The molecule has 2 rings (SSSR count). The Morgan fingerprint density at radius 2 is 2.00 bits per heavy atom. The minimum Gasteiger partial charge on any atom is -0.491 e. The van der Waals surface area contributed by atoms with Crippen LogP contribution in [0.3, 0.4) is 0 Å². The average molecular weight is 384 g/mol. The second-order valence-electron chi connectivity index (χ2n) is 8.00. The second kappa shape index (κ2) is 10.1. The van der Waals surface area contributed by atoms with Gasteiger partial charge in [0, 0.05) is 25.7 Å². The number of rotatable bonds is 7. The van der Waals surface area contributed by atoms with Crippen LogP contribution >= 0.6 is 12.4 Å². The molecule has 0 spiro atoms. The molecule has 1 atom stereocenters. The van der Waals surface area contributed by atoms with Gasteiger partial charge in [-0.25, -0.2) is 0 Å². The van der Waals surface area contributed by atoms with E-state index in [-0.39, 0.29) is 35.9 Å². The number of ether oxygens (including phenoxy) is 1. The van der Waals surface area contributed by atoms with Gasteiger partial charge in [-0.15, -0.1) is 12.4 Å². The summed E-state index contributed by atoms with van der Waals surface area (Å²) in [6.45, 7) is 11.3. The van der Waals surface area contributed by atoms with Crippen LogP contribution < -0.4 is 15.8 Å². The lowest BCUT2D eigenvalue weighted by Crippen LogP contribution is -2.54. The molecule has 148 valence electrons. The number of piperidine rings is 1. The molecule has 0 aromatic heterocycles. The molecule has 0 bridgehead atoms. The summed E-state index contributed by atoms with van der Waals surface area (Å²) >= 11 is 0. The first-order valence-corrected chi connectivity index (χ1v) is 9.26. The zero-order chi connectivity index (χ0) is 18.4. The van der Waals surface area contributed by atoms with Gasteiger partial charge in [0.05, 0.1) is 12.6 Å². The van der Waals surface area contributed by atoms with Gasteiger partial charge in [-0.1, -0.05) is 26.0 Å². The van der Waals surface area contributed by atoms with Gasteiger partial charge >= 0.3 is 0 Å². The van der Waals surface area contributed by atoms with Crippen molar-refractivity contribution in [2.24, 2.45) is 11.1 Å². The van der Waals surface area contributed by atoms with E-state index in [1.54, 1.807) is 0 Å². The van der Waals surface area contributed by atoms with E-state index in [4.69, 9.17) is 10.5 Å². The van der Waals surface area contributed by atoms with Gasteiger partial charge in [0.15, 0.2) is 0 Å². The lowest BCUT2D eigenvalue weighted by molar-refractivity contribution is -0.123. The molecule has 1 fully saturated rings. The predicted octanol–water partition coefficient (Wildman–Crippen LogP) is 2.61. The predicted molar refractivity (Wildman–Crippen MR) is 109 cm³/mol. The Bertz CT molecular complexity index is 561. The molecular formula is C20H34ClN3O2. The van der Waals surface area contributed by atoms with Crippen LogP contribution in [0.1, 0.15) is 39.7 Å². The highest BCUT2D eigenvalue weighted by atomic mass is 35.5. The summed E-state index contributed by atoms with van der Waals surface area (Å²) in [6.07, 6.45) is 1.95. The van der Waals surface area contributed by atoms with Crippen molar-refractivity contribution in [2.45, 2.75) is 52.7 Å². The van der Waals surface area contributed by atoms with Crippen molar-refractivity contribution >= 4 is 18.3 Å². The van der Waals surface area contributed by atoms with Gasteiger partial charge in [0.25, 0.3) is 0 Å². The summed E-state index contributed by atoms with van der Waals surface area (Å²) in [5.41, 5.74) is 7.41. The van der Waals surface area contributed by atoms with Crippen molar-refractivity contribution in [3.8, 4) is 5.75 Å². The van der Waals surface area contributed by atoms with Crippen molar-refractivity contribution in [1.29, 1.82) is 0 Å². The molecule has 5 nitrogen and oxygen atoms in total. The molecule has 26 heavy (non-hydrogen) atoms. The number of amides is 1. The number of halogens is 1. The van der Waals surface area contributed by atoms with Crippen LogP contribution in [-0.4, -0.2) is 49.1 Å². The number of hydrogen-bond acceptors (Lipinski definition) is 4. The fourth-order valence-corrected chi connectivity index (χ4v) is 3.23. The van der Waals surface area contributed by atoms with Crippen LogP contribution in [0.2, 0.25) is 0 Å². The lowest BCUT2D eigenvalue weighted by atomic mass is 9.80. The first-order chi connectivity index (χ1) is 11.8. The van der Waals surface area contributed by atoms with E-state index in [9.17, 15) is 4.79 Å². The maximum absolute atomic E-state index is 12.2. The standard InChI is InChI=1S/C20H33N3O2.ClH/c1-15(2)25-17-7-5-16(6-8-17)9-11-22-19(24)13-23-12-10-18(21)20(3,4)14-23;/h5-8,15,18H,9-14,21H2,1-4H3,(H,22,24);1H. The summed E-state index contributed by atoms with van der Waals surface area (Å²) < 4.78 is 5.64. The first-order valence-electron chi connectivity index (χ1n) is 9.26. The van der Waals surface area contributed by atoms with E-state index in [0.29, 0.717) is 13.1 Å². The number of hydrogen-bond donors (Lipinski definition) is 2. The highest BCUT2D eigenvalue weighted by Crippen LogP contribution is 2.27. The van der Waals surface area contributed by atoms with Crippen LogP contribution in [-0.2, 0) is 11.2 Å². The van der Waals surface area contributed by atoms with Crippen molar-refractivity contribution < 1.29 is 9.53 Å². The van der Waals surface area contributed by atoms with Gasteiger partial charge < -0.3 is 15.8 Å². The Balaban J connectivity index is 0.00000338. The lowest BCUT2D eigenvalue weighted by Gasteiger charge is -2.42. The largest absolute Gasteiger partial charge is 0.491 e. The molecule has 1 heterocycles. The summed E-state index contributed by atoms with van der Waals surface area (Å²) in [7, 11) is 0. The van der Waals surface area contributed by atoms with Crippen LogP contribution in [0.25, 0.3) is 0 Å². The fourth-order valence-electron chi connectivity index (χ4n) is 3.23. The number of likely N-dealkylation sites (tertiary alicyclic amines) is 1. The number of carbonyl (C=O) groups is 1. The van der Waals surface area contributed by atoms with Gasteiger partial charge in [-0.05, 0) is 49.8 Å². The van der Waals surface area contributed by atoms with Gasteiger partial charge in [-0.3, -0.25) is 9.69 Å². The summed E-state index contributed by atoms with van der Waals surface area (Å²) in [6, 6.07) is 8.29. The molecule has 1 aliphatic rings. The normalized spacial score (nSPS) is 19.7. The van der Waals surface area contributed by atoms with Gasteiger partial charge in [-0.2, -0.15) is 0 Å². The second-order valence-corrected chi connectivity index (χ2v) is 8.00. The molecular weight excluding hydrogens is 350 g/mol. The van der Waals surface area contributed by atoms with Crippen molar-refractivity contribution in [2.75, 3.05) is 26.2 Å². The molecule has 0 saturated carbocycles. The minimum atomic E-state index is 0. The molecule has 1 aromatic carbocycles. The Morgan fingerprint density at radius 3 is 2.58 bits per heavy atom. The zero-order valence-electron chi connectivity index (χ0n) is 16.5. The van der Waals surface area contributed by atoms with Crippen LogP contribution in [0.4, 0.5) is 0 Å². The number of nitrogens with one attached hydrogen (secondary N) is 1. The third-order valence-electron chi connectivity index (χ3n) is 4.79. The molecule has 1 unspecified atom stereocenters. The Morgan fingerprint density at radius 1 is 1.35 bits per heavy atom. The number of nitrogens with two attached hydrogens (primary N) is 1. The SMILES string of the molecule is CC(C)Oc1ccc(CCNC(=O)CN2CCC(N)C(C)(C)C2)cc1.Cl. The van der Waals surface area contributed by atoms with Crippen LogP contribution in [0, 0.1) is 5.41 Å². The molecule has 1 aromatic rings. The maximum atomic E-state index is 12.2. The van der Waals surface area contributed by atoms with E-state index in [1.807, 2.05) is 26.0 Å². The van der Waals surface area contributed by atoms with E-state index in [0.717, 1.165) is 31.7 Å². The highest BCUT2D eigenvalue weighted by Gasteiger charge is 2.33. The van der Waals surface area contributed by atoms with Crippen LogP contribution in [0.15, 0.2) is 24.3 Å². The third-order valence-corrected chi connectivity index (χ3v) is 4.79. The van der Waals surface area contributed by atoms with E-state index in [2.05, 4.69) is 36.2 Å². The number of benzene rings is 1. The molecule has 0 radical (unpaired) electrons. The number of carbonyl (C=O) groups excluding carboxylic acids is 1. The average Bonchev–Trinajstić information content (AvgIpc) is 2.52. The van der Waals surface area contributed by atoms with Crippen LogP contribution in [0.5, 0.6) is 5.75 Å². The molecule has 1 saturated heterocycles. The minimum absolute atomic E-state index is 0. The molecule has 6 heteroatoms. The Kier molecular flexibility index (Phi) is 8.87. The Hall–Kier alpha value is -1.30. The topological polar surface area (TPSA) is 67.6 Å². The van der Waals surface area contributed by atoms with Crippen molar-refractivity contribution in [3.05, 3.63) is 29.8 Å². The number of nitrogens with zero attached hydrogens (tertiary/aromatic N) is 1. The Labute approximate surface area is 164 Å². The molecule has 1 amide bonds. The van der Waals surface area contributed by atoms with E-state index in [1.165, 1.54) is 5.56 Å². The van der Waals surface area contributed by atoms with Crippen molar-refractivity contribution in [3.63, 3.8) is 0 Å². The smallest absolute Gasteiger partial charge is 0.234 e. The third kappa shape index (κ3) is 7.14.